The molecule has 1 N–H and O–H groups in total. The highest BCUT2D eigenvalue weighted by molar-refractivity contribution is 5.11. The van der Waals surface area contributed by atoms with Gasteiger partial charge >= 0.3 is 0 Å². The number of β-amino-alcohol motifs (C(OH)–C–C–N with tert-alkyl or cyclic N) is 1. The van der Waals surface area contributed by atoms with E-state index in [0.29, 0.717) is 5.92 Å². The lowest BCUT2D eigenvalue weighted by Gasteiger charge is -2.31. The Balaban J connectivity index is 2.10. The predicted octanol–water partition coefficient (Wildman–Crippen LogP) is 1.27. The summed E-state index contributed by atoms with van der Waals surface area (Å²) in [6.45, 7) is 7.10. The lowest BCUT2D eigenvalue weighted by molar-refractivity contribution is 0.159. The first-order chi connectivity index (χ1) is 8.19. The summed E-state index contributed by atoms with van der Waals surface area (Å²) in [5.41, 5.74) is 2.10. The Hall–Kier alpha value is -1.00. The van der Waals surface area contributed by atoms with E-state index in [2.05, 4.69) is 14.9 Å². The standard InChI is InChI=1S/C13H21N3O/c1-10-8-11(2)15-13(14-10)12-4-3-5-16(9-12)6-7-17/h8,12,17H,3-7,9H2,1-2H3/t12-/m0/s1. The first-order valence-corrected chi connectivity index (χ1v) is 6.34. The minimum absolute atomic E-state index is 0.237. The molecule has 0 radical (unpaired) electrons. The highest BCUT2D eigenvalue weighted by Gasteiger charge is 2.23. The zero-order valence-electron chi connectivity index (χ0n) is 10.7. The van der Waals surface area contributed by atoms with Crippen LogP contribution in [0.4, 0.5) is 0 Å². The fraction of sp³-hybridized carbons (Fsp3) is 0.692. The summed E-state index contributed by atoms with van der Waals surface area (Å²) in [7, 11) is 0. The molecule has 2 rings (SSSR count). The summed E-state index contributed by atoms with van der Waals surface area (Å²) in [6, 6.07) is 2.01. The van der Waals surface area contributed by atoms with Crippen molar-refractivity contribution in [2.75, 3.05) is 26.2 Å². The van der Waals surface area contributed by atoms with E-state index in [9.17, 15) is 0 Å². The number of piperidine rings is 1. The predicted molar refractivity (Wildman–Crippen MR) is 67.0 cm³/mol. The highest BCUT2D eigenvalue weighted by Crippen LogP contribution is 2.24. The van der Waals surface area contributed by atoms with Gasteiger partial charge in [-0.1, -0.05) is 0 Å². The molecule has 0 unspecified atom stereocenters. The van der Waals surface area contributed by atoms with Crippen LogP contribution < -0.4 is 0 Å². The zero-order valence-corrected chi connectivity index (χ0v) is 10.7. The molecule has 4 nitrogen and oxygen atoms in total. The van der Waals surface area contributed by atoms with Gasteiger partial charge in [-0.15, -0.1) is 0 Å². The average Bonchev–Trinajstić information content (AvgIpc) is 2.28. The summed E-state index contributed by atoms with van der Waals surface area (Å²) in [6.07, 6.45) is 2.33. The number of hydrogen-bond acceptors (Lipinski definition) is 4. The average molecular weight is 235 g/mol. The van der Waals surface area contributed by atoms with Gasteiger partial charge in [0, 0.05) is 30.4 Å². The molecule has 17 heavy (non-hydrogen) atoms. The Bertz CT molecular complexity index is 359. The molecule has 0 bridgehead atoms. The second-order valence-corrected chi connectivity index (χ2v) is 4.87. The van der Waals surface area contributed by atoms with Gasteiger partial charge in [0.1, 0.15) is 5.82 Å². The van der Waals surface area contributed by atoms with Crippen LogP contribution in [0.15, 0.2) is 6.07 Å². The largest absolute Gasteiger partial charge is 0.395 e. The lowest BCUT2D eigenvalue weighted by atomic mass is 9.97. The number of likely N-dealkylation sites (tertiary alicyclic amines) is 1. The molecular weight excluding hydrogens is 214 g/mol. The van der Waals surface area contributed by atoms with Crippen LogP contribution in [0, 0.1) is 13.8 Å². The van der Waals surface area contributed by atoms with Gasteiger partial charge in [0.25, 0.3) is 0 Å². The molecule has 4 heteroatoms. The molecule has 1 aliphatic rings. The van der Waals surface area contributed by atoms with Crippen LogP contribution in [0.2, 0.25) is 0 Å². The number of hydrogen-bond donors (Lipinski definition) is 1. The molecule has 0 spiro atoms. The zero-order chi connectivity index (χ0) is 12.3. The van der Waals surface area contributed by atoms with Crippen molar-refractivity contribution in [1.82, 2.24) is 14.9 Å². The van der Waals surface area contributed by atoms with Crippen LogP contribution in [-0.2, 0) is 0 Å². The van der Waals surface area contributed by atoms with Crippen molar-refractivity contribution in [3.63, 3.8) is 0 Å². The van der Waals surface area contributed by atoms with E-state index in [-0.39, 0.29) is 6.61 Å². The fourth-order valence-corrected chi connectivity index (χ4v) is 2.55. The maximum atomic E-state index is 8.99. The molecule has 0 amide bonds. The Morgan fingerprint density at radius 1 is 1.35 bits per heavy atom. The number of aromatic nitrogens is 2. The van der Waals surface area contributed by atoms with Crippen LogP contribution in [-0.4, -0.2) is 46.2 Å². The molecule has 0 aliphatic carbocycles. The first-order valence-electron chi connectivity index (χ1n) is 6.34. The van der Waals surface area contributed by atoms with Crippen molar-refractivity contribution in [2.24, 2.45) is 0 Å². The number of nitrogens with zero attached hydrogens (tertiary/aromatic N) is 3. The molecular formula is C13H21N3O. The highest BCUT2D eigenvalue weighted by atomic mass is 16.3. The molecule has 1 aliphatic heterocycles. The minimum Gasteiger partial charge on any atom is -0.395 e. The third-order valence-electron chi connectivity index (χ3n) is 3.29. The molecule has 1 aromatic rings. The Kier molecular flexibility index (Phi) is 4.07. The van der Waals surface area contributed by atoms with E-state index < -0.39 is 0 Å². The van der Waals surface area contributed by atoms with E-state index in [0.717, 1.165) is 43.3 Å². The Morgan fingerprint density at radius 3 is 2.71 bits per heavy atom. The molecule has 1 fully saturated rings. The van der Waals surface area contributed by atoms with Gasteiger partial charge in [0.2, 0.25) is 0 Å². The number of aliphatic hydroxyl groups excluding tert-OH is 1. The molecule has 94 valence electrons. The minimum atomic E-state index is 0.237. The number of aryl methyl sites for hydroxylation is 2. The topological polar surface area (TPSA) is 49.2 Å². The third-order valence-corrected chi connectivity index (χ3v) is 3.29. The normalized spacial score (nSPS) is 21.7. The number of aliphatic hydroxyl groups is 1. The van der Waals surface area contributed by atoms with Crippen LogP contribution in [0.5, 0.6) is 0 Å². The SMILES string of the molecule is Cc1cc(C)nc([C@H]2CCCN(CCO)C2)n1. The smallest absolute Gasteiger partial charge is 0.133 e. The summed E-state index contributed by atoms with van der Waals surface area (Å²) in [4.78, 5) is 11.4. The summed E-state index contributed by atoms with van der Waals surface area (Å²) >= 11 is 0. The van der Waals surface area contributed by atoms with Crippen LogP contribution in [0.25, 0.3) is 0 Å². The summed E-state index contributed by atoms with van der Waals surface area (Å²) in [5.74, 6) is 1.40. The van der Waals surface area contributed by atoms with Gasteiger partial charge in [-0.05, 0) is 39.3 Å². The Morgan fingerprint density at radius 2 is 2.06 bits per heavy atom. The maximum absolute atomic E-state index is 8.99. The van der Waals surface area contributed by atoms with Crippen molar-refractivity contribution in [1.29, 1.82) is 0 Å². The van der Waals surface area contributed by atoms with E-state index in [1.165, 1.54) is 6.42 Å². The van der Waals surface area contributed by atoms with Crippen molar-refractivity contribution < 1.29 is 5.11 Å². The van der Waals surface area contributed by atoms with Gasteiger partial charge < -0.3 is 10.0 Å². The van der Waals surface area contributed by atoms with Gasteiger partial charge in [-0.2, -0.15) is 0 Å². The van der Waals surface area contributed by atoms with E-state index in [1.54, 1.807) is 0 Å². The third kappa shape index (κ3) is 3.23. The van der Waals surface area contributed by atoms with Crippen LogP contribution in [0.3, 0.4) is 0 Å². The number of rotatable bonds is 3. The second kappa shape index (κ2) is 5.56. The van der Waals surface area contributed by atoms with Crippen molar-refractivity contribution in [3.05, 3.63) is 23.3 Å². The lowest BCUT2D eigenvalue weighted by Crippen LogP contribution is -2.36. The molecule has 1 aromatic heterocycles. The van der Waals surface area contributed by atoms with Gasteiger partial charge in [0.05, 0.1) is 6.61 Å². The Labute approximate surface area is 103 Å². The molecule has 1 atom stereocenters. The molecule has 0 aromatic carbocycles. The van der Waals surface area contributed by atoms with Crippen molar-refractivity contribution in [3.8, 4) is 0 Å². The first kappa shape index (κ1) is 12.5. The summed E-state index contributed by atoms with van der Waals surface area (Å²) < 4.78 is 0. The van der Waals surface area contributed by atoms with E-state index >= 15 is 0 Å². The molecule has 0 saturated carbocycles. The molecule has 1 saturated heterocycles. The quantitative estimate of drug-likeness (QED) is 0.857. The maximum Gasteiger partial charge on any atom is 0.133 e. The van der Waals surface area contributed by atoms with Gasteiger partial charge in [-0.3, -0.25) is 0 Å². The van der Waals surface area contributed by atoms with E-state index in [1.807, 2.05) is 19.9 Å². The van der Waals surface area contributed by atoms with Crippen molar-refractivity contribution in [2.45, 2.75) is 32.6 Å². The van der Waals surface area contributed by atoms with Gasteiger partial charge in [0.15, 0.2) is 0 Å². The van der Waals surface area contributed by atoms with Crippen LogP contribution in [0.1, 0.15) is 36.0 Å². The second-order valence-electron chi connectivity index (χ2n) is 4.87. The van der Waals surface area contributed by atoms with Crippen molar-refractivity contribution >= 4 is 0 Å². The van der Waals surface area contributed by atoms with Crippen LogP contribution >= 0.6 is 0 Å². The molecule has 2 heterocycles. The monoisotopic (exact) mass is 235 g/mol. The summed E-state index contributed by atoms with van der Waals surface area (Å²) in [5, 5.41) is 8.99. The van der Waals surface area contributed by atoms with E-state index in [4.69, 9.17) is 5.11 Å². The fourth-order valence-electron chi connectivity index (χ4n) is 2.55. The van der Waals surface area contributed by atoms with Gasteiger partial charge in [-0.25, -0.2) is 9.97 Å².